The highest BCUT2D eigenvalue weighted by Crippen LogP contribution is 2.21. The fraction of sp³-hybridized carbons (Fsp3) is 0.438. The van der Waals surface area contributed by atoms with Gasteiger partial charge in [-0.1, -0.05) is 30.5 Å². The largest absolute Gasteiger partial charge is 0.341 e. The number of hydrogen-bond acceptors (Lipinski definition) is 1. The number of nitrogens with zero attached hydrogens (tertiary/aromatic N) is 2. The van der Waals surface area contributed by atoms with E-state index in [-0.39, 0.29) is 5.91 Å². The molecule has 1 fully saturated rings. The van der Waals surface area contributed by atoms with E-state index >= 15 is 0 Å². The van der Waals surface area contributed by atoms with E-state index in [2.05, 4.69) is 0 Å². The van der Waals surface area contributed by atoms with Crippen molar-refractivity contribution in [2.24, 2.45) is 0 Å². The predicted octanol–water partition coefficient (Wildman–Crippen LogP) is 3.70. The summed E-state index contributed by atoms with van der Waals surface area (Å²) in [5, 5.41) is 1.83. The number of hydrogen-bond donors (Lipinski definition) is 0. The summed E-state index contributed by atoms with van der Waals surface area (Å²) in [5.41, 5.74) is 1.03. The smallest absolute Gasteiger partial charge is 0.242 e. The van der Waals surface area contributed by atoms with E-state index in [0.29, 0.717) is 11.6 Å². The van der Waals surface area contributed by atoms with E-state index in [4.69, 9.17) is 11.6 Å². The van der Waals surface area contributed by atoms with Crippen LogP contribution in [0, 0.1) is 0 Å². The summed E-state index contributed by atoms with van der Waals surface area (Å²) in [6.07, 6.45) is 6.71. The second-order valence-electron chi connectivity index (χ2n) is 5.44. The second kappa shape index (κ2) is 5.88. The molecular formula is C16H19ClN2O. The van der Waals surface area contributed by atoms with Crippen LogP contribution < -0.4 is 0 Å². The molecule has 2 heterocycles. The maximum absolute atomic E-state index is 12.4. The Morgan fingerprint density at radius 3 is 2.60 bits per heavy atom. The highest BCUT2D eigenvalue weighted by atomic mass is 35.5. The Labute approximate surface area is 124 Å². The minimum atomic E-state index is 0.212. The summed E-state index contributed by atoms with van der Waals surface area (Å²) in [7, 11) is 0. The van der Waals surface area contributed by atoms with Crippen LogP contribution in [0.25, 0.3) is 10.9 Å². The van der Waals surface area contributed by atoms with Gasteiger partial charge in [-0.25, -0.2) is 0 Å². The van der Waals surface area contributed by atoms with Gasteiger partial charge in [0, 0.05) is 29.8 Å². The fourth-order valence-corrected chi connectivity index (χ4v) is 3.03. The first-order chi connectivity index (χ1) is 9.74. The van der Waals surface area contributed by atoms with E-state index in [9.17, 15) is 4.79 Å². The average molecular weight is 291 g/mol. The maximum Gasteiger partial charge on any atom is 0.242 e. The summed E-state index contributed by atoms with van der Waals surface area (Å²) >= 11 is 6.05. The van der Waals surface area contributed by atoms with Gasteiger partial charge in [0.2, 0.25) is 5.91 Å². The standard InChI is InChI=1S/C16H19ClN2O/c17-14-6-5-13-7-10-19(15(13)11-14)12-16(20)18-8-3-1-2-4-9-18/h5-7,10-11H,1-4,8-9,12H2. The Hall–Kier alpha value is -1.48. The lowest BCUT2D eigenvalue weighted by atomic mass is 10.2. The molecule has 106 valence electrons. The van der Waals surface area contributed by atoms with Crippen LogP contribution in [0.15, 0.2) is 30.5 Å². The lowest BCUT2D eigenvalue weighted by Gasteiger charge is -2.20. The van der Waals surface area contributed by atoms with Crippen LogP contribution in [0.4, 0.5) is 0 Å². The number of rotatable bonds is 2. The minimum absolute atomic E-state index is 0.212. The molecule has 0 N–H and O–H groups in total. The third kappa shape index (κ3) is 2.83. The molecule has 2 aromatic rings. The second-order valence-corrected chi connectivity index (χ2v) is 5.88. The molecule has 20 heavy (non-hydrogen) atoms. The van der Waals surface area contributed by atoms with Crippen molar-refractivity contribution in [1.29, 1.82) is 0 Å². The molecule has 0 spiro atoms. The topological polar surface area (TPSA) is 25.2 Å². The zero-order valence-electron chi connectivity index (χ0n) is 11.5. The number of benzene rings is 1. The SMILES string of the molecule is O=C(Cn1ccc2ccc(Cl)cc21)N1CCCCCC1. The van der Waals surface area contributed by atoms with E-state index in [1.165, 1.54) is 12.8 Å². The van der Waals surface area contributed by atoms with Gasteiger partial charge in [0.1, 0.15) is 6.54 Å². The molecule has 3 rings (SSSR count). The van der Waals surface area contributed by atoms with Crippen LogP contribution >= 0.6 is 11.6 Å². The number of carbonyl (C=O) groups is 1. The molecule has 0 bridgehead atoms. The molecule has 4 heteroatoms. The molecule has 1 saturated heterocycles. The zero-order chi connectivity index (χ0) is 13.9. The normalized spacial score (nSPS) is 16.4. The first-order valence-corrected chi connectivity index (χ1v) is 7.64. The summed E-state index contributed by atoms with van der Waals surface area (Å²) in [5.74, 6) is 0.212. The number of halogens is 1. The van der Waals surface area contributed by atoms with Crippen LogP contribution in [0.5, 0.6) is 0 Å². The van der Waals surface area contributed by atoms with Gasteiger partial charge in [0.25, 0.3) is 0 Å². The molecule has 0 unspecified atom stereocenters. The molecule has 1 aromatic heterocycles. The van der Waals surface area contributed by atoms with Crippen molar-refractivity contribution in [3.8, 4) is 0 Å². The van der Waals surface area contributed by atoms with Crippen LogP contribution in [-0.2, 0) is 11.3 Å². The van der Waals surface area contributed by atoms with Crippen molar-refractivity contribution < 1.29 is 4.79 Å². The molecule has 0 aliphatic carbocycles. The van der Waals surface area contributed by atoms with Crippen molar-refractivity contribution in [3.05, 3.63) is 35.5 Å². The van der Waals surface area contributed by atoms with Crippen molar-refractivity contribution in [2.75, 3.05) is 13.1 Å². The molecule has 0 radical (unpaired) electrons. The molecule has 1 aliphatic rings. The van der Waals surface area contributed by atoms with Crippen LogP contribution in [-0.4, -0.2) is 28.5 Å². The third-order valence-corrected chi connectivity index (χ3v) is 4.24. The monoisotopic (exact) mass is 290 g/mol. The summed E-state index contributed by atoms with van der Waals surface area (Å²) in [6.45, 7) is 2.21. The fourth-order valence-electron chi connectivity index (χ4n) is 2.86. The van der Waals surface area contributed by atoms with Crippen LogP contribution in [0.2, 0.25) is 5.02 Å². The Morgan fingerprint density at radius 1 is 1.10 bits per heavy atom. The lowest BCUT2D eigenvalue weighted by Crippen LogP contribution is -2.34. The molecule has 1 aromatic carbocycles. The average Bonchev–Trinajstić information content (AvgIpc) is 2.67. The molecular weight excluding hydrogens is 272 g/mol. The highest BCUT2D eigenvalue weighted by Gasteiger charge is 2.16. The van der Waals surface area contributed by atoms with Gasteiger partial charge < -0.3 is 9.47 Å². The summed E-state index contributed by atoms with van der Waals surface area (Å²) in [6, 6.07) is 7.82. The van der Waals surface area contributed by atoms with Crippen molar-refractivity contribution >= 4 is 28.4 Å². The lowest BCUT2D eigenvalue weighted by molar-refractivity contribution is -0.131. The molecule has 1 amide bonds. The number of carbonyl (C=O) groups excluding carboxylic acids is 1. The first-order valence-electron chi connectivity index (χ1n) is 7.26. The van der Waals surface area contributed by atoms with Crippen molar-refractivity contribution in [1.82, 2.24) is 9.47 Å². The maximum atomic E-state index is 12.4. The number of likely N-dealkylation sites (tertiary alicyclic amines) is 1. The third-order valence-electron chi connectivity index (χ3n) is 4.00. The van der Waals surface area contributed by atoms with Gasteiger partial charge >= 0.3 is 0 Å². The van der Waals surface area contributed by atoms with E-state index in [0.717, 1.165) is 36.8 Å². The van der Waals surface area contributed by atoms with Gasteiger partial charge in [0.05, 0.1) is 0 Å². The Kier molecular flexibility index (Phi) is 3.97. The quantitative estimate of drug-likeness (QED) is 0.828. The van der Waals surface area contributed by atoms with Crippen LogP contribution in [0.3, 0.4) is 0 Å². The van der Waals surface area contributed by atoms with E-state index in [1.54, 1.807) is 0 Å². The van der Waals surface area contributed by atoms with Crippen molar-refractivity contribution in [3.63, 3.8) is 0 Å². The Morgan fingerprint density at radius 2 is 1.85 bits per heavy atom. The van der Waals surface area contributed by atoms with E-state index in [1.807, 2.05) is 39.9 Å². The highest BCUT2D eigenvalue weighted by molar-refractivity contribution is 6.31. The van der Waals surface area contributed by atoms with Gasteiger partial charge in [0.15, 0.2) is 0 Å². The van der Waals surface area contributed by atoms with Gasteiger partial charge in [-0.2, -0.15) is 0 Å². The summed E-state index contributed by atoms with van der Waals surface area (Å²) < 4.78 is 1.99. The Bertz CT molecular complexity index is 612. The molecule has 0 atom stereocenters. The van der Waals surface area contributed by atoms with Crippen LogP contribution in [0.1, 0.15) is 25.7 Å². The molecule has 0 saturated carbocycles. The van der Waals surface area contributed by atoms with Crippen molar-refractivity contribution in [2.45, 2.75) is 32.2 Å². The van der Waals surface area contributed by atoms with Gasteiger partial charge in [-0.3, -0.25) is 4.79 Å². The summed E-state index contributed by atoms with van der Waals surface area (Å²) in [4.78, 5) is 14.4. The van der Waals surface area contributed by atoms with Gasteiger partial charge in [-0.05, 0) is 36.4 Å². The predicted molar refractivity (Wildman–Crippen MR) is 82.0 cm³/mol. The minimum Gasteiger partial charge on any atom is -0.341 e. The number of amides is 1. The Balaban J connectivity index is 1.78. The first kappa shape index (κ1) is 13.5. The van der Waals surface area contributed by atoms with Gasteiger partial charge in [-0.15, -0.1) is 0 Å². The molecule has 1 aliphatic heterocycles. The zero-order valence-corrected chi connectivity index (χ0v) is 12.3. The molecule has 3 nitrogen and oxygen atoms in total. The number of fused-ring (bicyclic) bond motifs is 1. The number of aromatic nitrogens is 1. The van der Waals surface area contributed by atoms with E-state index < -0.39 is 0 Å².